The van der Waals surface area contributed by atoms with E-state index in [2.05, 4.69) is 30.2 Å². The van der Waals surface area contributed by atoms with Crippen LogP contribution in [0.4, 0.5) is 0 Å². The zero-order valence-electron chi connectivity index (χ0n) is 11.1. The fourth-order valence-electron chi connectivity index (χ4n) is 0.161. The Balaban J connectivity index is -0.0000000603. The van der Waals surface area contributed by atoms with Crippen molar-refractivity contribution in [2.75, 3.05) is 6.54 Å². The van der Waals surface area contributed by atoms with Crippen LogP contribution in [0.25, 0.3) is 0 Å². The minimum absolute atomic E-state index is 0.758. The lowest BCUT2D eigenvalue weighted by Gasteiger charge is -1.81. The lowest BCUT2D eigenvalue weighted by Crippen LogP contribution is -1.75. The summed E-state index contributed by atoms with van der Waals surface area (Å²) in [5.41, 5.74) is 0. The molecule has 88 valence electrons. The third-order valence-electron chi connectivity index (χ3n) is 0.414. The van der Waals surface area contributed by atoms with Crippen LogP contribution < -0.4 is 0 Å². The van der Waals surface area contributed by atoms with Gasteiger partial charge in [0.15, 0.2) is 6.40 Å². The number of nitrogens with zero attached hydrogens (tertiary/aromatic N) is 1. The largest absolute Gasteiger partial charge is 0.454 e. The summed E-state index contributed by atoms with van der Waals surface area (Å²) in [6, 6.07) is 0. The van der Waals surface area contributed by atoms with E-state index in [0.717, 1.165) is 6.54 Å². The topological polar surface area (TPSA) is 21.6 Å². The van der Waals surface area contributed by atoms with E-state index in [1.165, 1.54) is 19.1 Å². The van der Waals surface area contributed by atoms with Crippen LogP contribution in [0.2, 0.25) is 0 Å². The summed E-state index contributed by atoms with van der Waals surface area (Å²) in [7, 11) is 0. The SMILES string of the molecule is C=COC=NCC.CC.CC.CCC. The van der Waals surface area contributed by atoms with Gasteiger partial charge in [0.2, 0.25) is 0 Å². The Morgan fingerprint density at radius 3 is 1.64 bits per heavy atom. The summed E-state index contributed by atoms with van der Waals surface area (Å²) in [5.74, 6) is 0. The molecule has 0 amide bonds. The first-order valence-electron chi connectivity index (χ1n) is 5.58. The maximum Gasteiger partial charge on any atom is 0.175 e. The van der Waals surface area contributed by atoms with E-state index in [9.17, 15) is 0 Å². The second-order valence-corrected chi connectivity index (χ2v) is 1.61. The summed E-state index contributed by atoms with van der Waals surface area (Å²) in [6.45, 7) is 18.3. The van der Waals surface area contributed by atoms with Crippen LogP contribution in [-0.4, -0.2) is 12.9 Å². The molecule has 0 spiro atoms. The van der Waals surface area contributed by atoms with E-state index in [1.54, 1.807) is 0 Å². The lowest BCUT2D eigenvalue weighted by atomic mass is 10.6. The van der Waals surface area contributed by atoms with Crippen LogP contribution in [0.5, 0.6) is 0 Å². The molecular weight excluding hydrogens is 174 g/mol. The van der Waals surface area contributed by atoms with Gasteiger partial charge in [-0.15, -0.1) is 0 Å². The molecule has 0 N–H and O–H groups in total. The molecule has 0 heterocycles. The van der Waals surface area contributed by atoms with Crippen molar-refractivity contribution in [3.05, 3.63) is 12.8 Å². The predicted molar refractivity (Wildman–Crippen MR) is 69.0 cm³/mol. The molecule has 0 rings (SSSR count). The van der Waals surface area contributed by atoms with Crippen molar-refractivity contribution in [2.45, 2.75) is 54.9 Å². The Morgan fingerprint density at radius 1 is 1.07 bits per heavy atom. The Labute approximate surface area is 91.1 Å². The van der Waals surface area contributed by atoms with Crippen molar-refractivity contribution in [1.29, 1.82) is 0 Å². The van der Waals surface area contributed by atoms with Gasteiger partial charge in [-0.25, -0.2) is 0 Å². The van der Waals surface area contributed by atoms with Gasteiger partial charge in [-0.1, -0.05) is 54.5 Å². The minimum atomic E-state index is 0.758. The summed E-state index contributed by atoms with van der Waals surface area (Å²) in [5, 5.41) is 0. The van der Waals surface area contributed by atoms with Gasteiger partial charge < -0.3 is 4.74 Å². The summed E-state index contributed by atoms with van der Waals surface area (Å²) < 4.78 is 4.55. The molecule has 0 atom stereocenters. The highest BCUT2D eigenvalue weighted by molar-refractivity contribution is 5.46. The van der Waals surface area contributed by atoms with Crippen LogP contribution in [-0.2, 0) is 4.74 Å². The van der Waals surface area contributed by atoms with Crippen molar-refractivity contribution < 1.29 is 4.74 Å². The monoisotopic (exact) mass is 203 g/mol. The van der Waals surface area contributed by atoms with Crippen LogP contribution in [0.3, 0.4) is 0 Å². The Hall–Kier alpha value is -0.790. The average molecular weight is 203 g/mol. The summed E-state index contributed by atoms with van der Waals surface area (Å²) in [6.07, 6.45) is 3.95. The van der Waals surface area contributed by atoms with E-state index >= 15 is 0 Å². The van der Waals surface area contributed by atoms with E-state index in [4.69, 9.17) is 0 Å². The zero-order valence-corrected chi connectivity index (χ0v) is 11.1. The highest BCUT2D eigenvalue weighted by atomic mass is 16.5. The third kappa shape index (κ3) is 113. The molecule has 2 nitrogen and oxygen atoms in total. The van der Waals surface area contributed by atoms with Crippen LogP contribution >= 0.6 is 0 Å². The highest BCUT2D eigenvalue weighted by Gasteiger charge is 1.61. The van der Waals surface area contributed by atoms with E-state index in [1.807, 2.05) is 34.6 Å². The first-order chi connectivity index (χ1) is 6.83. The van der Waals surface area contributed by atoms with Gasteiger partial charge in [0.25, 0.3) is 0 Å². The standard InChI is InChI=1S/C5H9NO.C3H8.2C2H6/c1-3-6-5-7-4-2;1-3-2;2*1-2/h4-5H,2-3H2,1H3;3H2,1-2H3;2*1-2H3. The van der Waals surface area contributed by atoms with Crippen molar-refractivity contribution in [3.8, 4) is 0 Å². The molecular formula is C12H29NO. The molecule has 0 fully saturated rings. The minimum Gasteiger partial charge on any atom is -0.454 e. The van der Waals surface area contributed by atoms with Crippen molar-refractivity contribution in [1.82, 2.24) is 0 Å². The van der Waals surface area contributed by atoms with Crippen LogP contribution in [0, 0.1) is 0 Å². The number of ether oxygens (including phenoxy) is 1. The zero-order chi connectivity index (χ0) is 12.2. The van der Waals surface area contributed by atoms with Gasteiger partial charge >= 0.3 is 0 Å². The van der Waals surface area contributed by atoms with Crippen LogP contribution in [0.1, 0.15) is 54.9 Å². The second-order valence-electron chi connectivity index (χ2n) is 1.61. The van der Waals surface area contributed by atoms with Gasteiger partial charge in [0, 0.05) is 6.54 Å². The van der Waals surface area contributed by atoms with Gasteiger partial charge in [0.05, 0.1) is 6.26 Å². The van der Waals surface area contributed by atoms with Crippen molar-refractivity contribution in [2.24, 2.45) is 4.99 Å². The first-order valence-corrected chi connectivity index (χ1v) is 5.58. The molecule has 14 heavy (non-hydrogen) atoms. The summed E-state index contributed by atoms with van der Waals surface area (Å²) in [4.78, 5) is 3.74. The third-order valence-corrected chi connectivity index (χ3v) is 0.414. The molecule has 0 aromatic carbocycles. The van der Waals surface area contributed by atoms with E-state index < -0.39 is 0 Å². The molecule has 0 aliphatic heterocycles. The van der Waals surface area contributed by atoms with Crippen LogP contribution in [0.15, 0.2) is 17.8 Å². The molecule has 0 bridgehead atoms. The molecule has 0 saturated heterocycles. The molecule has 0 unspecified atom stereocenters. The number of rotatable bonds is 3. The quantitative estimate of drug-likeness (QED) is 0.371. The fraction of sp³-hybridized carbons (Fsp3) is 0.750. The second kappa shape index (κ2) is 56.5. The van der Waals surface area contributed by atoms with Gasteiger partial charge in [0.1, 0.15) is 0 Å². The van der Waals surface area contributed by atoms with E-state index in [-0.39, 0.29) is 0 Å². The Morgan fingerprint density at radius 2 is 1.43 bits per heavy atom. The average Bonchev–Trinajstić information content (AvgIpc) is 2.26. The highest BCUT2D eigenvalue weighted by Crippen LogP contribution is 1.66. The molecule has 0 saturated carbocycles. The molecule has 0 aliphatic rings. The Kier molecular flexibility index (Phi) is 93.7. The first kappa shape index (κ1) is 23.2. The molecule has 2 heteroatoms. The van der Waals surface area contributed by atoms with Gasteiger partial charge in [-0.3, -0.25) is 4.99 Å². The summed E-state index contributed by atoms with van der Waals surface area (Å²) >= 11 is 0. The molecule has 0 radical (unpaired) electrons. The van der Waals surface area contributed by atoms with Crippen molar-refractivity contribution >= 4 is 6.40 Å². The van der Waals surface area contributed by atoms with Gasteiger partial charge in [-0.2, -0.15) is 0 Å². The van der Waals surface area contributed by atoms with Gasteiger partial charge in [-0.05, 0) is 6.92 Å². The Bertz CT molecular complexity index is 80.4. The predicted octanol–water partition coefficient (Wildman–Crippen LogP) is 4.66. The van der Waals surface area contributed by atoms with E-state index in [0.29, 0.717) is 0 Å². The molecule has 0 aromatic heterocycles. The number of hydrogen-bond acceptors (Lipinski definition) is 2. The molecule has 0 aliphatic carbocycles. The fourth-order valence-corrected chi connectivity index (χ4v) is 0.161. The lowest BCUT2D eigenvalue weighted by molar-refractivity contribution is 0.494. The normalized spacial score (nSPS) is 6.79. The number of aliphatic imine (C=N–C) groups is 1. The number of hydrogen-bond donors (Lipinski definition) is 0. The smallest absolute Gasteiger partial charge is 0.175 e. The molecule has 0 aromatic rings. The maximum absolute atomic E-state index is 4.55. The maximum atomic E-state index is 4.55. The van der Waals surface area contributed by atoms with Crippen molar-refractivity contribution in [3.63, 3.8) is 0 Å².